The van der Waals surface area contributed by atoms with Gasteiger partial charge < -0.3 is 4.98 Å². The maximum absolute atomic E-state index is 12.3. The van der Waals surface area contributed by atoms with E-state index < -0.39 is 10.0 Å². The third-order valence-corrected chi connectivity index (χ3v) is 5.44. The number of H-pyrrole nitrogens is 1. The first-order valence-corrected chi connectivity index (χ1v) is 9.26. The number of rotatable bonds is 5. The van der Waals surface area contributed by atoms with E-state index in [1.165, 1.54) is 0 Å². The molecule has 0 aliphatic rings. The summed E-state index contributed by atoms with van der Waals surface area (Å²) >= 11 is 6.04. The summed E-state index contributed by atoms with van der Waals surface area (Å²) in [5, 5.41) is 1.49. The van der Waals surface area contributed by atoms with Gasteiger partial charge in [-0.1, -0.05) is 48.0 Å². The van der Waals surface area contributed by atoms with Crippen LogP contribution in [0.5, 0.6) is 0 Å². The van der Waals surface area contributed by atoms with Crippen molar-refractivity contribution >= 4 is 32.5 Å². The second kappa shape index (κ2) is 6.35. The number of halogens is 1. The van der Waals surface area contributed by atoms with Gasteiger partial charge in [-0.05, 0) is 30.2 Å². The fraction of sp³-hybridized carbons (Fsp3) is 0.176. The molecule has 0 unspecified atom stereocenters. The highest BCUT2D eigenvalue weighted by atomic mass is 35.5. The summed E-state index contributed by atoms with van der Waals surface area (Å²) in [6.07, 6.45) is 0. The van der Waals surface area contributed by atoms with Crippen LogP contribution in [-0.4, -0.2) is 13.4 Å². The average Bonchev–Trinajstić information content (AvgIpc) is 2.83. The van der Waals surface area contributed by atoms with Crippen LogP contribution >= 0.6 is 11.6 Å². The topological polar surface area (TPSA) is 62.0 Å². The smallest absolute Gasteiger partial charge is 0.216 e. The first kappa shape index (κ1) is 16.1. The summed E-state index contributed by atoms with van der Waals surface area (Å²) < 4.78 is 27.3. The molecule has 0 saturated carbocycles. The molecule has 2 aromatic carbocycles. The van der Waals surface area contributed by atoms with Crippen LogP contribution in [0.2, 0.25) is 5.02 Å². The van der Waals surface area contributed by atoms with Crippen LogP contribution in [0.1, 0.15) is 16.8 Å². The van der Waals surface area contributed by atoms with Gasteiger partial charge in [0.05, 0.1) is 5.75 Å². The van der Waals surface area contributed by atoms with E-state index in [0.717, 1.165) is 22.2 Å². The number of para-hydroxylation sites is 1. The van der Waals surface area contributed by atoms with Crippen LogP contribution in [0, 0.1) is 6.92 Å². The van der Waals surface area contributed by atoms with Crippen LogP contribution in [0.3, 0.4) is 0 Å². The molecule has 0 aliphatic carbocycles. The Morgan fingerprint density at radius 1 is 1.09 bits per heavy atom. The number of sulfonamides is 1. The largest absolute Gasteiger partial charge is 0.358 e. The third kappa shape index (κ3) is 3.58. The van der Waals surface area contributed by atoms with Gasteiger partial charge in [0, 0.05) is 28.2 Å². The van der Waals surface area contributed by atoms with Gasteiger partial charge in [0.15, 0.2) is 0 Å². The molecule has 0 saturated heterocycles. The summed E-state index contributed by atoms with van der Waals surface area (Å²) in [7, 11) is -3.47. The maximum Gasteiger partial charge on any atom is 0.216 e. The van der Waals surface area contributed by atoms with Crippen molar-refractivity contribution in [3.05, 3.63) is 70.4 Å². The number of aryl methyl sites for hydroxylation is 1. The van der Waals surface area contributed by atoms with Crippen LogP contribution in [-0.2, 0) is 22.3 Å². The van der Waals surface area contributed by atoms with Crippen LogP contribution in [0.25, 0.3) is 10.9 Å². The van der Waals surface area contributed by atoms with Crippen molar-refractivity contribution < 1.29 is 8.42 Å². The first-order chi connectivity index (χ1) is 11.0. The van der Waals surface area contributed by atoms with Gasteiger partial charge in [-0.25, -0.2) is 13.1 Å². The molecule has 0 atom stereocenters. The molecule has 0 bridgehead atoms. The lowest BCUT2D eigenvalue weighted by Gasteiger charge is -2.08. The first-order valence-electron chi connectivity index (χ1n) is 7.23. The van der Waals surface area contributed by atoms with E-state index in [4.69, 9.17) is 11.6 Å². The molecule has 0 spiro atoms. The molecule has 6 heteroatoms. The Bertz CT molecular complexity index is 948. The van der Waals surface area contributed by atoms with Crippen LogP contribution in [0.4, 0.5) is 0 Å². The number of fused-ring (bicyclic) bond motifs is 1. The lowest BCUT2D eigenvalue weighted by Crippen LogP contribution is -2.25. The highest BCUT2D eigenvalue weighted by Crippen LogP contribution is 2.22. The minimum atomic E-state index is -3.47. The zero-order valence-corrected chi connectivity index (χ0v) is 14.2. The van der Waals surface area contributed by atoms with E-state index in [9.17, 15) is 8.42 Å². The Morgan fingerprint density at radius 2 is 1.78 bits per heavy atom. The molecule has 0 fully saturated rings. The van der Waals surface area contributed by atoms with Gasteiger partial charge in [0.1, 0.15) is 0 Å². The number of hydrogen-bond donors (Lipinski definition) is 2. The van der Waals surface area contributed by atoms with Crippen molar-refractivity contribution in [1.29, 1.82) is 0 Å². The summed E-state index contributed by atoms with van der Waals surface area (Å²) in [6, 6.07) is 14.8. The average molecular weight is 349 g/mol. The Kier molecular flexibility index (Phi) is 4.43. The van der Waals surface area contributed by atoms with Crippen molar-refractivity contribution in [3.8, 4) is 0 Å². The number of aromatic nitrogens is 1. The van der Waals surface area contributed by atoms with E-state index in [1.807, 2.05) is 31.2 Å². The molecule has 23 heavy (non-hydrogen) atoms. The number of hydrogen-bond acceptors (Lipinski definition) is 2. The Balaban J connectivity index is 1.79. The second-order valence-corrected chi connectivity index (χ2v) is 7.66. The van der Waals surface area contributed by atoms with E-state index >= 15 is 0 Å². The Hall–Kier alpha value is -1.82. The van der Waals surface area contributed by atoms with Gasteiger partial charge in [-0.15, -0.1) is 0 Å². The molecular formula is C17H17ClN2O2S. The second-order valence-electron chi connectivity index (χ2n) is 5.45. The SMILES string of the molecule is Cc1[nH]c2ccccc2c1CNS(=O)(=O)Cc1ccccc1Cl. The molecule has 3 rings (SSSR count). The molecule has 0 aliphatic heterocycles. The number of aromatic amines is 1. The monoisotopic (exact) mass is 348 g/mol. The summed E-state index contributed by atoms with van der Waals surface area (Å²) in [5.41, 5.74) is 3.53. The van der Waals surface area contributed by atoms with Crippen molar-refractivity contribution in [2.45, 2.75) is 19.2 Å². The fourth-order valence-corrected chi connectivity index (χ4v) is 4.03. The van der Waals surface area contributed by atoms with Crippen LogP contribution < -0.4 is 4.72 Å². The van der Waals surface area contributed by atoms with Crippen LogP contribution in [0.15, 0.2) is 48.5 Å². The highest BCUT2D eigenvalue weighted by Gasteiger charge is 2.15. The van der Waals surface area contributed by atoms with E-state index in [0.29, 0.717) is 10.6 Å². The van der Waals surface area contributed by atoms with Crippen molar-refractivity contribution in [2.24, 2.45) is 0 Å². The lowest BCUT2D eigenvalue weighted by molar-refractivity contribution is 0.580. The molecule has 120 valence electrons. The predicted octanol–water partition coefficient (Wildman–Crippen LogP) is 3.75. The minimum absolute atomic E-state index is 0.131. The standard InChI is InChI=1S/C17H17ClN2O2S/c1-12-15(14-7-3-5-9-17(14)20-12)10-19-23(21,22)11-13-6-2-4-8-16(13)18/h2-9,19-20H,10-11H2,1H3. The van der Waals surface area contributed by atoms with Crippen molar-refractivity contribution in [2.75, 3.05) is 0 Å². The summed E-state index contributed by atoms with van der Waals surface area (Å²) in [6.45, 7) is 2.19. The molecule has 1 aromatic heterocycles. The Morgan fingerprint density at radius 3 is 2.57 bits per heavy atom. The van der Waals surface area contributed by atoms with Gasteiger partial charge in [-0.3, -0.25) is 0 Å². The molecule has 3 aromatic rings. The van der Waals surface area contributed by atoms with Crippen molar-refractivity contribution in [3.63, 3.8) is 0 Å². The molecule has 1 heterocycles. The van der Waals surface area contributed by atoms with E-state index in [-0.39, 0.29) is 12.3 Å². The third-order valence-electron chi connectivity index (χ3n) is 3.80. The molecular weight excluding hydrogens is 332 g/mol. The zero-order chi connectivity index (χ0) is 16.4. The number of nitrogens with one attached hydrogen (secondary N) is 2. The molecule has 4 nitrogen and oxygen atoms in total. The fourth-order valence-electron chi connectivity index (χ4n) is 2.62. The predicted molar refractivity (Wildman–Crippen MR) is 94.0 cm³/mol. The minimum Gasteiger partial charge on any atom is -0.358 e. The van der Waals surface area contributed by atoms with E-state index in [2.05, 4.69) is 9.71 Å². The Labute approximate surface area is 140 Å². The highest BCUT2D eigenvalue weighted by molar-refractivity contribution is 7.88. The molecule has 0 amide bonds. The van der Waals surface area contributed by atoms with Crippen molar-refractivity contribution in [1.82, 2.24) is 9.71 Å². The van der Waals surface area contributed by atoms with E-state index in [1.54, 1.807) is 24.3 Å². The summed E-state index contributed by atoms with van der Waals surface area (Å²) in [5.74, 6) is -0.131. The maximum atomic E-state index is 12.3. The molecule has 2 N–H and O–H groups in total. The lowest BCUT2D eigenvalue weighted by atomic mass is 10.1. The number of benzene rings is 2. The normalized spacial score (nSPS) is 11.9. The van der Waals surface area contributed by atoms with Gasteiger partial charge in [0.2, 0.25) is 10.0 Å². The van der Waals surface area contributed by atoms with Gasteiger partial charge >= 0.3 is 0 Å². The zero-order valence-electron chi connectivity index (χ0n) is 12.6. The quantitative estimate of drug-likeness (QED) is 0.737. The van der Waals surface area contributed by atoms with Gasteiger partial charge in [0.25, 0.3) is 0 Å². The van der Waals surface area contributed by atoms with Gasteiger partial charge in [-0.2, -0.15) is 0 Å². The molecule has 0 radical (unpaired) electrons. The summed E-state index contributed by atoms with van der Waals surface area (Å²) in [4.78, 5) is 3.27.